The van der Waals surface area contributed by atoms with Crippen LogP contribution in [0.1, 0.15) is 25.7 Å². The number of guanidine groups is 1. The summed E-state index contributed by atoms with van der Waals surface area (Å²) in [4.78, 5) is 50.5. The van der Waals surface area contributed by atoms with Crippen LogP contribution in [0.3, 0.4) is 0 Å². The number of carbonyl (C=O) groups is 4. The molecule has 1 rings (SSSR count). The van der Waals surface area contributed by atoms with E-state index < -0.39 is 35.9 Å². The molecule has 3 unspecified atom stereocenters. The minimum absolute atomic E-state index is 0.0292. The number of carbonyl (C=O) groups excluding carboxylic acids is 3. The second kappa shape index (κ2) is 10.5. The van der Waals surface area contributed by atoms with Gasteiger partial charge in [0.2, 0.25) is 17.7 Å². The van der Waals surface area contributed by atoms with Crippen LogP contribution in [0.2, 0.25) is 0 Å². The van der Waals surface area contributed by atoms with Crippen LogP contribution in [0.5, 0.6) is 0 Å². The van der Waals surface area contributed by atoms with Crippen LogP contribution in [0, 0.1) is 0 Å². The summed E-state index contributed by atoms with van der Waals surface area (Å²) in [5, 5.41) is 16.5. The van der Waals surface area contributed by atoms with Gasteiger partial charge in [0.05, 0.1) is 0 Å². The van der Waals surface area contributed by atoms with E-state index in [0.29, 0.717) is 12.8 Å². The first-order chi connectivity index (χ1) is 12.2. The highest BCUT2D eigenvalue weighted by molar-refractivity contribution is 7.80. The van der Waals surface area contributed by atoms with Gasteiger partial charge in [-0.15, -0.1) is 0 Å². The lowest BCUT2D eigenvalue weighted by Crippen LogP contribution is -2.55. The van der Waals surface area contributed by atoms with E-state index in [9.17, 15) is 24.3 Å². The standard InChI is InChI=1S/C14H24N6O5S/c15-14(16)17-5-1-2-8(13(24)25)19-12(23)9(6-26)20-11(22)7-3-4-10(21)18-7/h7-9,26H,1-6H2,(H,18,21)(H,19,23)(H,20,22)(H,24,25)(H4,15,16,17). The average Bonchev–Trinajstić information content (AvgIpc) is 3.01. The van der Waals surface area contributed by atoms with Crippen molar-refractivity contribution in [1.29, 1.82) is 0 Å². The molecule has 3 atom stereocenters. The quantitative estimate of drug-likeness (QED) is 0.0917. The fraction of sp³-hybridized carbons (Fsp3) is 0.643. The van der Waals surface area contributed by atoms with Crippen LogP contribution in [0.15, 0.2) is 4.99 Å². The van der Waals surface area contributed by atoms with E-state index in [1.54, 1.807) is 0 Å². The van der Waals surface area contributed by atoms with E-state index in [1.807, 2.05) is 0 Å². The first-order valence-corrected chi connectivity index (χ1v) is 8.67. The number of aliphatic carboxylic acids is 1. The lowest BCUT2D eigenvalue weighted by Gasteiger charge is -2.21. The summed E-state index contributed by atoms with van der Waals surface area (Å²) in [5.41, 5.74) is 10.4. The third kappa shape index (κ3) is 7.17. The van der Waals surface area contributed by atoms with Gasteiger partial charge in [0.25, 0.3) is 0 Å². The number of hydrogen-bond acceptors (Lipinski definition) is 6. The van der Waals surface area contributed by atoms with Crippen molar-refractivity contribution in [1.82, 2.24) is 16.0 Å². The minimum atomic E-state index is -1.21. The van der Waals surface area contributed by atoms with Crippen molar-refractivity contribution in [3.8, 4) is 0 Å². The van der Waals surface area contributed by atoms with Crippen LogP contribution in [-0.4, -0.2) is 65.2 Å². The maximum atomic E-state index is 12.3. The van der Waals surface area contributed by atoms with Crippen molar-refractivity contribution in [2.75, 3.05) is 12.3 Å². The zero-order chi connectivity index (χ0) is 19.7. The molecule has 0 saturated carbocycles. The van der Waals surface area contributed by atoms with Gasteiger partial charge in [-0.2, -0.15) is 12.6 Å². The number of carboxylic acid groups (broad SMARTS) is 1. The van der Waals surface area contributed by atoms with Crippen LogP contribution in [0.4, 0.5) is 0 Å². The Hall–Kier alpha value is -2.50. The van der Waals surface area contributed by atoms with Gasteiger partial charge in [0.1, 0.15) is 18.1 Å². The summed E-state index contributed by atoms with van der Waals surface area (Å²) in [6.45, 7) is 0.232. The van der Waals surface area contributed by atoms with Crippen LogP contribution >= 0.6 is 12.6 Å². The van der Waals surface area contributed by atoms with Gasteiger partial charge >= 0.3 is 5.97 Å². The Morgan fingerprint density at radius 1 is 1.31 bits per heavy atom. The number of carboxylic acids is 1. The predicted molar refractivity (Wildman–Crippen MR) is 96.4 cm³/mol. The highest BCUT2D eigenvalue weighted by atomic mass is 32.1. The number of nitrogens with one attached hydrogen (secondary N) is 3. The molecule has 0 aromatic heterocycles. The third-order valence-corrected chi connectivity index (χ3v) is 4.05. The van der Waals surface area contributed by atoms with Gasteiger partial charge in [0, 0.05) is 18.7 Å². The Bertz CT molecular complexity index is 580. The van der Waals surface area contributed by atoms with E-state index in [2.05, 4.69) is 33.6 Å². The summed E-state index contributed by atoms with van der Waals surface area (Å²) in [7, 11) is 0. The summed E-state index contributed by atoms with van der Waals surface area (Å²) >= 11 is 4.02. The van der Waals surface area contributed by atoms with E-state index in [-0.39, 0.29) is 37.0 Å². The molecule has 8 N–H and O–H groups in total. The van der Waals surface area contributed by atoms with Gasteiger partial charge in [-0.05, 0) is 19.3 Å². The largest absolute Gasteiger partial charge is 0.480 e. The molecule has 1 aliphatic rings. The van der Waals surface area contributed by atoms with Crippen molar-refractivity contribution in [3.63, 3.8) is 0 Å². The fourth-order valence-corrected chi connectivity index (χ4v) is 2.57. The normalized spacial score (nSPS) is 18.3. The van der Waals surface area contributed by atoms with E-state index in [4.69, 9.17) is 11.5 Å². The summed E-state index contributed by atoms with van der Waals surface area (Å²) in [6, 6.07) is -2.88. The predicted octanol–water partition coefficient (Wildman–Crippen LogP) is -2.70. The molecule has 1 saturated heterocycles. The number of amides is 3. The highest BCUT2D eigenvalue weighted by Crippen LogP contribution is 2.07. The van der Waals surface area contributed by atoms with Crippen LogP contribution in [0.25, 0.3) is 0 Å². The van der Waals surface area contributed by atoms with Crippen molar-refractivity contribution >= 4 is 42.3 Å². The zero-order valence-corrected chi connectivity index (χ0v) is 15.0. The van der Waals surface area contributed by atoms with Gasteiger partial charge in [0.15, 0.2) is 5.96 Å². The molecule has 146 valence electrons. The first-order valence-electron chi connectivity index (χ1n) is 8.03. The van der Waals surface area contributed by atoms with E-state index in [1.165, 1.54) is 0 Å². The second-order valence-electron chi connectivity index (χ2n) is 5.75. The molecular weight excluding hydrogens is 364 g/mol. The smallest absolute Gasteiger partial charge is 0.326 e. The van der Waals surface area contributed by atoms with Crippen LogP contribution < -0.4 is 27.4 Å². The molecule has 1 aliphatic heterocycles. The SMILES string of the molecule is NC(N)=NCCCC(NC(=O)C(CS)NC(=O)C1CCC(=O)N1)C(=O)O. The molecule has 11 nitrogen and oxygen atoms in total. The van der Waals surface area contributed by atoms with Gasteiger partial charge < -0.3 is 32.5 Å². The van der Waals surface area contributed by atoms with Crippen molar-refractivity contribution in [3.05, 3.63) is 0 Å². The van der Waals surface area contributed by atoms with Gasteiger partial charge in [-0.1, -0.05) is 0 Å². The molecule has 0 bridgehead atoms. The molecule has 0 radical (unpaired) electrons. The Morgan fingerprint density at radius 2 is 2.00 bits per heavy atom. The number of nitrogens with zero attached hydrogens (tertiary/aromatic N) is 1. The van der Waals surface area contributed by atoms with E-state index in [0.717, 1.165) is 0 Å². The Labute approximate surface area is 155 Å². The first kappa shape index (κ1) is 21.5. The molecule has 12 heteroatoms. The molecule has 0 aromatic carbocycles. The molecule has 0 aliphatic carbocycles. The Balaban J connectivity index is 2.55. The fourth-order valence-electron chi connectivity index (χ4n) is 2.31. The number of rotatable bonds is 10. The maximum Gasteiger partial charge on any atom is 0.326 e. The number of thiol groups is 1. The summed E-state index contributed by atoms with van der Waals surface area (Å²) < 4.78 is 0. The molecule has 1 heterocycles. The van der Waals surface area contributed by atoms with Crippen molar-refractivity contribution in [2.24, 2.45) is 16.5 Å². The molecular formula is C14H24N6O5S. The zero-order valence-electron chi connectivity index (χ0n) is 14.1. The van der Waals surface area contributed by atoms with E-state index >= 15 is 0 Å². The molecule has 1 fully saturated rings. The van der Waals surface area contributed by atoms with Crippen molar-refractivity contribution < 1.29 is 24.3 Å². The summed E-state index contributed by atoms with van der Waals surface area (Å²) in [6.07, 6.45) is 1.05. The molecule has 0 aromatic rings. The van der Waals surface area contributed by atoms with Crippen LogP contribution in [-0.2, 0) is 19.2 Å². The lowest BCUT2D eigenvalue weighted by atomic mass is 10.1. The third-order valence-electron chi connectivity index (χ3n) is 3.69. The lowest BCUT2D eigenvalue weighted by molar-refractivity contribution is -0.142. The second-order valence-corrected chi connectivity index (χ2v) is 6.12. The minimum Gasteiger partial charge on any atom is -0.480 e. The monoisotopic (exact) mass is 388 g/mol. The average molecular weight is 388 g/mol. The number of hydrogen-bond donors (Lipinski definition) is 7. The highest BCUT2D eigenvalue weighted by Gasteiger charge is 2.31. The Kier molecular flexibility index (Phi) is 8.68. The molecule has 26 heavy (non-hydrogen) atoms. The summed E-state index contributed by atoms with van der Waals surface area (Å²) in [5.74, 6) is -2.76. The van der Waals surface area contributed by atoms with Gasteiger partial charge in [-0.25, -0.2) is 4.79 Å². The number of aliphatic imine (C=N–C) groups is 1. The van der Waals surface area contributed by atoms with Gasteiger partial charge in [-0.3, -0.25) is 19.4 Å². The molecule has 0 spiro atoms. The van der Waals surface area contributed by atoms with Crippen molar-refractivity contribution in [2.45, 2.75) is 43.8 Å². The molecule has 3 amide bonds. The maximum absolute atomic E-state index is 12.3. The topological polar surface area (TPSA) is 189 Å². The Morgan fingerprint density at radius 3 is 2.50 bits per heavy atom. The number of nitrogens with two attached hydrogens (primary N) is 2.